The van der Waals surface area contributed by atoms with Crippen LogP contribution in [0, 0.1) is 0 Å². The smallest absolute Gasteiger partial charge is 0.384 e. The third-order valence-corrected chi connectivity index (χ3v) is 4.66. The van der Waals surface area contributed by atoms with Crippen molar-refractivity contribution < 1.29 is 21.6 Å². The van der Waals surface area contributed by atoms with E-state index in [0.717, 1.165) is 6.42 Å². The predicted molar refractivity (Wildman–Crippen MR) is 78.9 cm³/mol. The van der Waals surface area contributed by atoms with Gasteiger partial charge in [0.05, 0.1) is 5.69 Å². The Bertz CT molecular complexity index is 548. The molecule has 4 nitrogen and oxygen atoms in total. The van der Waals surface area contributed by atoms with E-state index in [0.29, 0.717) is 12.2 Å². The third kappa shape index (κ3) is 6.58. The van der Waals surface area contributed by atoms with Crippen LogP contribution in [-0.4, -0.2) is 32.8 Å². The van der Waals surface area contributed by atoms with E-state index in [1.54, 1.807) is 18.2 Å². The second kappa shape index (κ2) is 7.90. The largest absolute Gasteiger partial charge is 0.441 e. The van der Waals surface area contributed by atoms with Crippen molar-refractivity contribution in [3.8, 4) is 0 Å². The lowest BCUT2D eigenvalue weighted by Crippen LogP contribution is -2.27. The minimum atomic E-state index is -4.36. The van der Waals surface area contributed by atoms with Gasteiger partial charge in [-0.1, -0.05) is 19.1 Å². The van der Waals surface area contributed by atoms with E-state index < -0.39 is 15.5 Å². The lowest BCUT2D eigenvalue weighted by atomic mass is 10.3. The molecule has 0 atom stereocenters. The fourth-order valence-electron chi connectivity index (χ4n) is 1.53. The van der Waals surface area contributed by atoms with E-state index in [-0.39, 0.29) is 29.0 Å². The molecule has 0 heterocycles. The van der Waals surface area contributed by atoms with E-state index in [1.165, 1.54) is 6.07 Å². The number of hydrogen-bond acceptors (Lipinski definition) is 4. The summed E-state index contributed by atoms with van der Waals surface area (Å²) in [5.41, 5.74) is -3.92. The Morgan fingerprint density at radius 3 is 2.48 bits per heavy atom. The Labute approximate surface area is 126 Å². The molecule has 0 saturated carbocycles. The van der Waals surface area contributed by atoms with Crippen molar-refractivity contribution in [3.63, 3.8) is 0 Å². The van der Waals surface area contributed by atoms with Crippen LogP contribution in [0.3, 0.4) is 0 Å². The van der Waals surface area contributed by atoms with Gasteiger partial charge < -0.3 is 5.32 Å². The van der Waals surface area contributed by atoms with Gasteiger partial charge in [-0.3, -0.25) is 0 Å². The van der Waals surface area contributed by atoms with Crippen LogP contribution in [-0.2, 0) is 10.0 Å². The first-order chi connectivity index (χ1) is 9.76. The highest BCUT2D eigenvalue weighted by Gasteiger charge is 2.28. The van der Waals surface area contributed by atoms with Gasteiger partial charge in [-0.2, -0.15) is 13.2 Å². The van der Waals surface area contributed by atoms with E-state index in [2.05, 4.69) is 10.0 Å². The summed E-state index contributed by atoms with van der Waals surface area (Å²) >= 11 is -0.255. The molecule has 0 saturated heterocycles. The SMILES string of the molecule is CCCNc1ccccc1S(=O)(=O)NCCSC(F)(F)F. The average molecular weight is 342 g/mol. The van der Waals surface area contributed by atoms with Gasteiger partial charge in [0.25, 0.3) is 0 Å². The Kier molecular flexibility index (Phi) is 6.82. The number of para-hydroxylation sites is 1. The molecule has 0 amide bonds. The van der Waals surface area contributed by atoms with Gasteiger partial charge in [0.2, 0.25) is 10.0 Å². The van der Waals surface area contributed by atoms with Crippen LogP contribution in [0.5, 0.6) is 0 Å². The molecule has 9 heteroatoms. The molecule has 0 aliphatic heterocycles. The minimum Gasteiger partial charge on any atom is -0.384 e. The number of rotatable bonds is 8. The highest BCUT2D eigenvalue weighted by atomic mass is 32.2. The van der Waals surface area contributed by atoms with Crippen molar-refractivity contribution in [2.24, 2.45) is 0 Å². The van der Waals surface area contributed by atoms with Gasteiger partial charge >= 0.3 is 5.51 Å². The number of hydrogen-bond donors (Lipinski definition) is 2. The zero-order valence-electron chi connectivity index (χ0n) is 11.4. The zero-order chi connectivity index (χ0) is 15.9. The van der Waals surface area contributed by atoms with Crippen molar-refractivity contribution in [1.29, 1.82) is 0 Å². The van der Waals surface area contributed by atoms with Crippen LogP contribution in [0.25, 0.3) is 0 Å². The summed E-state index contributed by atoms with van der Waals surface area (Å²) in [6.07, 6.45) is 0.823. The van der Waals surface area contributed by atoms with Crippen LogP contribution >= 0.6 is 11.8 Å². The normalized spacial score (nSPS) is 12.4. The van der Waals surface area contributed by atoms with Gasteiger partial charge in [-0.05, 0) is 30.3 Å². The molecule has 2 N–H and O–H groups in total. The minimum absolute atomic E-state index is 0.0375. The average Bonchev–Trinajstić information content (AvgIpc) is 2.41. The van der Waals surface area contributed by atoms with Gasteiger partial charge in [-0.25, -0.2) is 13.1 Å². The van der Waals surface area contributed by atoms with Gasteiger partial charge in [0, 0.05) is 18.8 Å². The monoisotopic (exact) mass is 342 g/mol. The van der Waals surface area contributed by atoms with Crippen molar-refractivity contribution in [3.05, 3.63) is 24.3 Å². The molecule has 1 aromatic carbocycles. The molecule has 0 aromatic heterocycles. The summed E-state index contributed by atoms with van der Waals surface area (Å²) < 4.78 is 62.3. The van der Waals surface area contributed by atoms with E-state index >= 15 is 0 Å². The maximum Gasteiger partial charge on any atom is 0.441 e. The van der Waals surface area contributed by atoms with Crippen LogP contribution in [0.1, 0.15) is 13.3 Å². The quantitative estimate of drug-likeness (QED) is 0.713. The first-order valence-corrected chi connectivity index (χ1v) is 8.76. The van der Waals surface area contributed by atoms with Gasteiger partial charge in [0.15, 0.2) is 0 Å². The van der Waals surface area contributed by atoms with E-state index in [1.807, 2.05) is 6.92 Å². The van der Waals surface area contributed by atoms with Crippen molar-refractivity contribution in [2.45, 2.75) is 23.7 Å². The van der Waals surface area contributed by atoms with Crippen LogP contribution < -0.4 is 10.0 Å². The third-order valence-electron chi connectivity index (χ3n) is 2.40. The zero-order valence-corrected chi connectivity index (χ0v) is 13.0. The van der Waals surface area contributed by atoms with Gasteiger partial charge in [-0.15, -0.1) is 0 Å². The number of alkyl halides is 3. The maximum atomic E-state index is 12.1. The molecule has 21 heavy (non-hydrogen) atoms. The molecule has 1 aromatic rings. The van der Waals surface area contributed by atoms with Crippen LogP contribution in [0.2, 0.25) is 0 Å². The lowest BCUT2D eigenvalue weighted by molar-refractivity contribution is -0.0327. The Balaban J connectivity index is 2.70. The first-order valence-electron chi connectivity index (χ1n) is 6.29. The number of halogens is 3. The van der Waals surface area contributed by atoms with Crippen molar-refractivity contribution >= 4 is 27.5 Å². The summed E-state index contributed by atoms with van der Waals surface area (Å²) in [6.45, 7) is 2.27. The molecule has 1 rings (SSSR count). The number of anilines is 1. The molecule has 0 aliphatic rings. The highest BCUT2D eigenvalue weighted by molar-refractivity contribution is 8.00. The number of thioether (sulfide) groups is 1. The Morgan fingerprint density at radius 1 is 1.19 bits per heavy atom. The molecule has 0 aliphatic carbocycles. The summed E-state index contributed by atoms with van der Waals surface area (Å²) in [7, 11) is -3.83. The molecule has 0 bridgehead atoms. The molecular weight excluding hydrogens is 325 g/mol. The van der Waals surface area contributed by atoms with Gasteiger partial charge in [0.1, 0.15) is 4.90 Å². The fourth-order valence-corrected chi connectivity index (χ4v) is 3.31. The highest BCUT2D eigenvalue weighted by Crippen LogP contribution is 2.29. The summed E-state index contributed by atoms with van der Waals surface area (Å²) in [5, 5.41) is 2.98. The van der Waals surface area contributed by atoms with E-state index in [4.69, 9.17) is 0 Å². The van der Waals surface area contributed by atoms with Crippen LogP contribution in [0.15, 0.2) is 29.2 Å². The predicted octanol–water partition coefficient (Wildman–Crippen LogP) is 3.04. The Morgan fingerprint density at radius 2 is 1.86 bits per heavy atom. The second-order valence-electron chi connectivity index (χ2n) is 4.11. The first kappa shape index (κ1) is 18.1. The number of benzene rings is 1. The van der Waals surface area contributed by atoms with Crippen LogP contribution in [0.4, 0.5) is 18.9 Å². The topological polar surface area (TPSA) is 58.2 Å². The second-order valence-corrected chi connectivity index (χ2v) is 7.01. The lowest BCUT2D eigenvalue weighted by Gasteiger charge is -2.13. The summed E-state index contributed by atoms with van der Waals surface area (Å²) in [6, 6.07) is 6.29. The number of sulfonamides is 1. The standard InChI is InChI=1S/C12H17F3N2O2S2/c1-2-7-16-10-5-3-4-6-11(10)21(18,19)17-8-9-20-12(13,14)15/h3-6,16-17H,2,7-9H2,1H3. The fraction of sp³-hybridized carbons (Fsp3) is 0.500. The molecule has 0 unspecified atom stereocenters. The molecule has 0 spiro atoms. The molecule has 120 valence electrons. The molecule has 0 radical (unpaired) electrons. The summed E-state index contributed by atoms with van der Waals surface area (Å²) in [5.74, 6) is -0.368. The maximum absolute atomic E-state index is 12.1. The molecule has 0 fully saturated rings. The Hall–Kier alpha value is -0.930. The molecular formula is C12H17F3N2O2S2. The van der Waals surface area contributed by atoms with Crippen molar-refractivity contribution in [1.82, 2.24) is 4.72 Å². The van der Waals surface area contributed by atoms with E-state index in [9.17, 15) is 21.6 Å². The number of nitrogens with one attached hydrogen (secondary N) is 2. The van der Waals surface area contributed by atoms with Crippen molar-refractivity contribution in [2.75, 3.05) is 24.2 Å². The summed E-state index contributed by atoms with van der Waals surface area (Å²) in [4.78, 5) is 0.0375.